The highest BCUT2D eigenvalue weighted by molar-refractivity contribution is 7.39. The van der Waals surface area contributed by atoms with E-state index in [4.69, 9.17) is 4.74 Å². The first-order valence-electron chi connectivity index (χ1n) is 8.69. The first-order valence-corrected chi connectivity index (χ1v) is 10.1. The number of nitrogens with one attached hydrogen (secondary N) is 1. The summed E-state index contributed by atoms with van der Waals surface area (Å²) in [7, 11) is 1.15. The molecule has 3 aromatic rings. The Morgan fingerprint density at radius 1 is 1.37 bits per heavy atom. The van der Waals surface area contributed by atoms with E-state index in [2.05, 4.69) is 10.3 Å². The first-order chi connectivity index (χ1) is 13.1. The van der Waals surface area contributed by atoms with Gasteiger partial charge in [0.05, 0.1) is 12.5 Å². The van der Waals surface area contributed by atoms with E-state index >= 15 is 0 Å². The summed E-state index contributed by atoms with van der Waals surface area (Å²) in [6.07, 6.45) is 3.56. The molecule has 1 N–H and O–H groups in total. The van der Waals surface area contributed by atoms with Crippen LogP contribution in [-0.2, 0) is 10.5 Å². The van der Waals surface area contributed by atoms with Crippen LogP contribution in [0.25, 0.3) is 10.1 Å². The van der Waals surface area contributed by atoms with Crippen molar-refractivity contribution in [1.82, 2.24) is 9.88 Å². The monoisotopic (exact) mass is 382 g/mol. The fourth-order valence-electron chi connectivity index (χ4n) is 3.41. The summed E-state index contributed by atoms with van der Waals surface area (Å²) >= 11 is 0. The van der Waals surface area contributed by atoms with Gasteiger partial charge in [-0.3, -0.25) is 19.5 Å². The zero-order valence-corrected chi connectivity index (χ0v) is 16.0. The van der Waals surface area contributed by atoms with Gasteiger partial charge in [-0.15, -0.1) is 0 Å². The van der Waals surface area contributed by atoms with Gasteiger partial charge in [-0.2, -0.15) is 0 Å². The predicted molar refractivity (Wildman–Crippen MR) is 107 cm³/mol. The number of hydrogen-bond acceptors (Lipinski definition) is 5. The highest BCUT2D eigenvalue weighted by atomic mass is 32.2. The number of ether oxygens (including phenoxy) is 1. The summed E-state index contributed by atoms with van der Waals surface area (Å²) in [5.74, 6) is 0.985. The third-order valence-corrected chi connectivity index (χ3v) is 7.07. The molecule has 4 rings (SSSR count). The highest BCUT2D eigenvalue weighted by Gasteiger charge is 2.38. The Bertz CT molecular complexity index is 1030. The lowest BCUT2D eigenvalue weighted by atomic mass is 10.2. The molecule has 1 aliphatic heterocycles. The summed E-state index contributed by atoms with van der Waals surface area (Å²) in [6.45, 7) is 2.34. The van der Waals surface area contributed by atoms with Gasteiger partial charge in [0.1, 0.15) is 11.4 Å². The van der Waals surface area contributed by atoms with Gasteiger partial charge in [-0.05, 0) is 18.2 Å². The van der Waals surface area contributed by atoms with Crippen LogP contribution in [-0.4, -0.2) is 41.9 Å². The van der Waals surface area contributed by atoms with E-state index in [1.165, 1.54) is 11.8 Å². The Balaban J connectivity index is 1.96. The van der Waals surface area contributed by atoms with Crippen molar-refractivity contribution in [2.45, 2.75) is 12.7 Å². The number of fused-ring (bicyclic) bond motifs is 3. The van der Waals surface area contributed by atoms with Crippen LogP contribution in [0.15, 0.2) is 42.7 Å². The Kier molecular flexibility index (Phi) is 4.53. The molecular formula is C20H20N3O3S+. The maximum absolute atomic E-state index is 13.3. The van der Waals surface area contributed by atoms with Crippen LogP contribution in [0.3, 0.4) is 0 Å². The third-order valence-electron chi connectivity index (χ3n) is 4.69. The number of aromatic nitrogens is 1. The maximum atomic E-state index is 13.3. The first kappa shape index (κ1) is 17.5. The third kappa shape index (κ3) is 3.04. The molecule has 1 aliphatic rings. The Morgan fingerprint density at radius 2 is 2.22 bits per heavy atom. The van der Waals surface area contributed by atoms with Crippen LogP contribution in [0.1, 0.15) is 22.2 Å². The van der Waals surface area contributed by atoms with Crippen LogP contribution >= 0.6 is 10.5 Å². The lowest BCUT2D eigenvalue weighted by molar-refractivity contribution is -0.126. The van der Waals surface area contributed by atoms with Crippen molar-refractivity contribution in [2.24, 2.45) is 0 Å². The topological polar surface area (TPSA) is 71.5 Å². The normalized spacial score (nSPS) is 14.5. The van der Waals surface area contributed by atoms with Crippen LogP contribution in [0.4, 0.5) is 5.69 Å². The van der Waals surface area contributed by atoms with Gasteiger partial charge >= 0.3 is 5.91 Å². The summed E-state index contributed by atoms with van der Waals surface area (Å²) in [4.78, 5) is 31.5. The fourth-order valence-corrected chi connectivity index (χ4v) is 5.84. The van der Waals surface area contributed by atoms with Gasteiger partial charge in [0.15, 0.2) is 10.5 Å². The molecule has 3 heterocycles. The van der Waals surface area contributed by atoms with E-state index < -0.39 is 10.5 Å². The van der Waals surface area contributed by atoms with Crippen molar-refractivity contribution in [1.29, 1.82) is 0 Å². The second-order valence-electron chi connectivity index (χ2n) is 6.37. The molecule has 0 radical (unpaired) electrons. The molecule has 0 aliphatic carbocycles. The molecule has 1 atom stereocenters. The number of anilines is 1. The quantitative estimate of drug-likeness (QED) is 0.703. The molecular weight excluding hydrogens is 362 g/mol. The molecule has 1 unspecified atom stereocenters. The molecule has 138 valence electrons. The van der Waals surface area contributed by atoms with E-state index in [1.54, 1.807) is 13.3 Å². The zero-order chi connectivity index (χ0) is 19.0. The smallest absolute Gasteiger partial charge is 0.315 e. The average molecular weight is 382 g/mol. The number of imide groups is 1. The molecule has 0 spiro atoms. The number of thiophene rings is 1. The number of carbonyl (C=O) groups is 2. The molecule has 0 fully saturated rings. The lowest BCUT2D eigenvalue weighted by Gasteiger charge is -2.14. The average Bonchev–Trinajstić information content (AvgIpc) is 2.86. The van der Waals surface area contributed by atoms with Gasteiger partial charge in [-0.1, -0.05) is 6.07 Å². The van der Waals surface area contributed by atoms with Crippen LogP contribution in [0.2, 0.25) is 0 Å². The Labute approximate surface area is 159 Å². The summed E-state index contributed by atoms with van der Waals surface area (Å²) in [5, 5.41) is 4.36. The van der Waals surface area contributed by atoms with Crippen LogP contribution in [0.5, 0.6) is 5.75 Å². The van der Waals surface area contributed by atoms with Crippen molar-refractivity contribution >= 4 is 38.1 Å². The second kappa shape index (κ2) is 7.00. The highest BCUT2D eigenvalue weighted by Crippen LogP contribution is 2.48. The zero-order valence-electron chi connectivity index (χ0n) is 15.2. The van der Waals surface area contributed by atoms with E-state index in [0.29, 0.717) is 23.7 Å². The molecule has 2 amide bonds. The maximum Gasteiger partial charge on any atom is 0.315 e. The van der Waals surface area contributed by atoms with Crippen molar-refractivity contribution in [3.05, 3.63) is 53.2 Å². The van der Waals surface area contributed by atoms with Gasteiger partial charge in [-0.25, -0.2) is 0 Å². The number of methoxy groups -OCH3 is 1. The molecule has 2 aromatic heterocycles. The SMILES string of the molecule is COc1ccc2c(c1)c1c([s+]2Cc2cccnc2)C(=O)N(C(C)=O)CCN1. The number of carbonyl (C=O) groups excluding carboxylic acids is 2. The van der Waals surface area contributed by atoms with Crippen molar-refractivity contribution in [3.8, 4) is 5.75 Å². The number of benzene rings is 1. The number of rotatable bonds is 3. The number of hydrogen-bond donors (Lipinski definition) is 1. The van der Waals surface area contributed by atoms with E-state index in [0.717, 1.165) is 27.1 Å². The molecule has 6 nitrogen and oxygen atoms in total. The minimum Gasteiger partial charge on any atom is -0.497 e. The van der Waals surface area contributed by atoms with Crippen molar-refractivity contribution in [3.63, 3.8) is 0 Å². The molecule has 27 heavy (non-hydrogen) atoms. The number of amides is 2. The van der Waals surface area contributed by atoms with Gasteiger partial charge in [0.25, 0.3) is 4.88 Å². The lowest BCUT2D eigenvalue weighted by Crippen LogP contribution is -2.36. The van der Waals surface area contributed by atoms with Crippen LogP contribution < -0.4 is 10.1 Å². The minimum atomic E-state index is -0.480. The summed E-state index contributed by atoms with van der Waals surface area (Å²) in [6, 6.07) is 9.81. The van der Waals surface area contributed by atoms with E-state index in [1.807, 2.05) is 36.5 Å². The number of nitrogens with zero attached hydrogens (tertiary/aromatic N) is 2. The van der Waals surface area contributed by atoms with E-state index in [9.17, 15) is 9.59 Å². The Hall–Kier alpha value is -2.93. The standard InChI is InChI=1S/C20H19N3O3S/c1-13(24)23-9-8-22-18-16-10-15(26-2)5-6-17(16)27(19(18)20(23)25)12-14-4-3-7-21-11-14/h3-7,10-11H,8-9,12H2,1-2H3/p+1. The second-order valence-corrected chi connectivity index (χ2v) is 8.28. The molecule has 7 heteroatoms. The van der Waals surface area contributed by atoms with Gasteiger partial charge in [0, 0.05) is 54.5 Å². The molecule has 0 saturated carbocycles. The Morgan fingerprint density at radius 3 is 2.93 bits per heavy atom. The van der Waals surface area contributed by atoms with Crippen molar-refractivity contribution < 1.29 is 14.3 Å². The van der Waals surface area contributed by atoms with Gasteiger partial charge < -0.3 is 10.1 Å². The predicted octanol–water partition coefficient (Wildman–Crippen LogP) is 3.46. The molecule has 0 saturated heterocycles. The van der Waals surface area contributed by atoms with E-state index in [-0.39, 0.29) is 11.8 Å². The largest absolute Gasteiger partial charge is 0.497 e. The number of pyridine rings is 1. The van der Waals surface area contributed by atoms with Crippen molar-refractivity contribution in [2.75, 3.05) is 25.5 Å². The molecule has 1 aromatic carbocycles. The minimum absolute atomic E-state index is 0.204. The molecule has 0 bridgehead atoms. The fraction of sp³-hybridized carbons (Fsp3) is 0.250. The van der Waals surface area contributed by atoms with Gasteiger partial charge in [0.2, 0.25) is 5.91 Å². The summed E-state index contributed by atoms with van der Waals surface area (Å²) in [5.41, 5.74) is 1.88. The summed E-state index contributed by atoms with van der Waals surface area (Å²) < 4.78 is 6.48. The van der Waals surface area contributed by atoms with Crippen LogP contribution in [0, 0.1) is 0 Å².